The topological polar surface area (TPSA) is 61.2 Å². The van der Waals surface area contributed by atoms with E-state index in [0.29, 0.717) is 11.3 Å². The average Bonchev–Trinajstić information content (AvgIpc) is 2.98. The maximum atomic E-state index is 12.0. The molecule has 2 N–H and O–H groups in total. The van der Waals surface area contributed by atoms with E-state index < -0.39 is 0 Å². The lowest BCUT2D eigenvalue weighted by Crippen LogP contribution is -2.05. The number of hydrogen-bond donors (Lipinski definition) is 1. The Morgan fingerprint density at radius 3 is 2.88 bits per heavy atom. The molecule has 0 radical (unpaired) electrons. The van der Waals surface area contributed by atoms with Crippen LogP contribution < -0.4 is 5.84 Å². The highest BCUT2D eigenvalue weighted by molar-refractivity contribution is 6.08. The Balaban J connectivity index is 2.09. The minimum Gasteiger partial charge on any atom is -0.461 e. The number of ketones is 1. The molecular formula is C13H10N2O2. The molecule has 17 heavy (non-hydrogen) atoms. The van der Waals surface area contributed by atoms with E-state index in [-0.39, 0.29) is 5.78 Å². The monoisotopic (exact) mass is 226 g/mol. The molecule has 0 bridgehead atoms. The van der Waals surface area contributed by atoms with Crippen LogP contribution in [0.25, 0.3) is 10.9 Å². The number of hydrogen-bond acceptors (Lipinski definition) is 3. The van der Waals surface area contributed by atoms with Crippen LogP contribution in [0.3, 0.4) is 0 Å². The third-order valence-corrected chi connectivity index (χ3v) is 2.73. The van der Waals surface area contributed by atoms with Crippen LogP contribution in [0.2, 0.25) is 0 Å². The molecule has 2 aromatic heterocycles. The van der Waals surface area contributed by atoms with Gasteiger partial charge in [0.15, 0.2) is 5.76 Å². The molecule has 2 heterocycles. The predicted molar refractivity (Wildman–Crippen MR) is 64.2 cm³/mol. The largest absolute Gasteiger partial charge is 0.461 e. The SMILES string of the molecule is Nn1ccc2cc(C(=O)c3ccco3)ccc21. The van der Waals surface area contributed by atoms with Crippen molar-refractivity contribution in [1.82, 2.24) is 4.68 Å². The van der Waals surface area contributed by atoms with E-state index >= 15 is 0 Å². The number of rotatable bonds is 2. The van der Waals surface area contributed by atoms with E-state index in [0.717, 1.165) is 10.9 Å². The number of carbonyl (C=O) groups is 1. The van der Waals surface area contributed by atoms with Crippen LogP contribution in [-0.4, -0.2) is 10.5 Å². The molecule has 0 amide bonds. The quantitative estimate of drug-likeness (QED) is 0.538. The van der Waals surface area contributed by atoms with E-state index in [4.69, 9.17) is 10.3 Å². The lowest BCUT2D eigenvalue weighted by molar-refractivity contribution is 0.101. The van der Waals surface area contributed by atoms with Gasteiger partial charge in [0.2, 0.25) is 5.78 Å². The van der Waals surface area contributed by atoms with Gasteiger partial charge in [0.1, 0.15) is 0 Å². The third kappa shape index (κ3) is 1.50. The molecular weight excluding hydrogens is 216 g/mol. The van der Waals surface area contributed by atoms with E-state index in [2.05, 4.69) is 0 Å². The Bertz CT molecular complexity index is 681. The summed E-state index contributed by atoms with van der Waals surface area (Å²) in [7, 11) is 0. The van der Waals surface area contributed by atoms with Crippen molar-refractivity contribution in [3.05, 3.63) is 60.2 Å². The maximum absolute atomic E-state index is 12.0. The Labute approximate surface area is 97.2 Å². The fourth-order valence-corrected chi connectivity index (χ4v) is 1.86. The summed E-state index contributed by atoms with van der Waals surface area (Å²) in [6.07, 6.45) is 3.24. The molecule has 3 aromatic rings. The molecule has 0 aliphatic carbocycles. The molecule has 4 heteroatoms. The summed E-state index contributed by atoms with van der Waals surface area (Å²) < 4.78 is 6.61. The first-order valence-electron chi connectivity index (χ1n) is 5.20. The van der Waals surface area contributed by atoms with Crippen LogP contribution in [0.4, 0.5) is 0 Å². The summed E-state index contributed by atoms with van der Waals surface area (Å²) in [6.45, 7) is 0. The summed E-state index contributed by atoms with van der Waals surface area (Å²) >= 11 is 0. The van der Waals surface area contributed by atoms with Gasteiger partial charge in [0.25, 0.3) is 0 Å². The van der Waals surface area contributed by atoms with Crippen LogP contribution in [0.15, 0.2) is 53.3 Å². The van der Waals surface area contributed by atoms with Gasteiger partial charge in [-0.2, -0.15) is 0 Å². The van der Waals surface area contributed by atoms with Gasteiger partial charge in [-0.1, -0.05) is 0 Å². The fourth-order valence-electron chi connectivity index (χ4n) is 1.86. The Kier molecular flexibility index (Phi) is 2.01. The molecule has 0 saturated heterocycles. The van der Waals surface area contributed by atoms with Crippen LogP contribution in [0.1, 0.15) is 16.1 Å². The molecule has 4 nitrogen and oxygen atoms in total. The second-order valence-electron chi connectivity index (χ2n) is 3.80. The number of aromatic nitrogens is 1. The van der Waals surface area contributed by atoms with Crippen LogP contribution in [-0.2, 0) is 0 Å². The average molecular weight is 226 g/mol. The summed E-state index contributed by atoms with van der Waals surface area (Å²) in [5.41, 5.74) is 1.49. The second kappa shape index (κ2) is 3.52. The molecule has 0 aliphatic heterocycles. The van der Waals surface area contributed by atoms with Crippen molar-refractivity contribution in [3.8, 4) is 0 Å². The van der Waals surface area contributed by atoms with Crippen LogP contribution in [0, 0.1) is 0 Å². The zero-order valence-electron chi connectivity index (χ0n) is 8.96. The van der Waals surface area contributed by atoms with Crippen molar-refractivity contribution >= 4 is 16.7 Å². The smallest absolute Gasteiger partial charge is 0.228 e. The van der Waals surface area contributed by atoms with Crippen molar-refractivity contribution < 1.29 is 9.21 Å². The maximum Gasteiger partial charge on any atom is 0.228 e. The van der Waals surface area contributed by atoms with E-state index in [1.54, 1.807) is 24.4 Å². The number of nitrogens with zero attached hydrogens (tertiary/aromatic N) is 1. The predicted octanol–water partition coefficient (Wildman–Crippen LogP) is 2.18. The van der Waals surface area contributed by atoms with Crippen LogP contribution >= 0.6 is 0 Å². The number of benzene rings is 1. The summed E-state index contributed by atoms with van der Waals surface area (Å²) in [4.78, 5) is 12.0. The van der Waals surface area contributed by atoms with Gasteiger partial charge in [0.05, 0.1) is 11.8 Å². The number of furan rings is 1. The summed E-state index contributed by atoms with van der Waals surface area (Å²) in [5.74, 6) is 5.93. The zero-order valence-corrected chi connectivity index (χ0v) is 8.96. The zero-order chi connectivity index (χ0) is 11.8. The molecule has 0 fully saturated rings. The van der Waals surface area contributed by atoms with Crippen molar-refractivity contribution in [2.45, 2.75) is 0 Å². The minimum absolute atomic E-state index is 0.123. The van der Waals surface area contributed by atoms with Crippen LogP contribution in [0.5, 0.6) is 0 Å². The second-order valence-corrected chi connectivity index (χ2v) is 3.80. The Hall–Kier alpha value is -2.49. The van der Waals surface area contributed by atoms with Gasteiger partial charge in [0, 0.05) is 17.1 Å². The van der Waals surface area contributed by atoms with E-state index in [1.165, 1.54) is 10.9 Å². The van der Waals surface area contributed by atoms with Gasteiger partial charge in [-0.15, -0.1) is 0 Å². The first kappa shape index (κ1) is 9.72. The van der Waals surface area contributed by atoms with E-state index in [9.17, 15) is 4.79 Å². The van der Waals surface area contributed by atoms with Gasteiger partial charge < -0.3 is 10.3 Å². The molecule has 0 saturated carbocycles. The highest BCUT2D eigenvalue weighted by atomic mass is 16.3. The van der Waals surface area contributed by atoms with Gasteiger partial charge >= 0.3 is 0 Å². The van der Waals surface area contributed by atoms with Crippen molar-refractivity contribution in [2.75, 3.05) is 5.84 Å². The molecule has 3 rings (SSSR count). The Morgan fingerprint density at radius 1 is 1.24 bits per heavy atom. The van der Waals surface area contributed by atoms with Crippen molar-refractivity contribution in [2.24, 2.45) is 0 Å². The third-order valence-electron chi connectivity index (χ3n) is 2.73. The first-order valence-corrected chi connectivity index (χ1v) is 5.20. The number of nitrogens with two attached hydrogens (primary N) is 1. The number of carbonyl (C=O) groups excluding carboxylic acids is 1. The molecule has 84 valence electrons. The van der Waals surface area contributed by atoms with Crippen molar-refractivity contribution in [3.63, 3.8) is 0 Å². The molecule has 1 aromatic carbocycles. The first-order chi connectivity index (χ1) is 8.25. The highest BCUT2D eigenvalue weighted by Gasteiger charge is 2.12. The molecule has 0 spiro atoms. The minimum atomic E-state index is -0.123. The molecule has 0 unspecified atom stereocenters. The lowest BCUT2D eigenvalue weighted by Gasteiger charge is -2.00. The normalized spacial score (nSPS) is 10.8. The molecule has 0 aliphatic rings. The fraction of sp³-hybridized carbons (Fsp3) is 0. The summed E-state index contributed by atoms with van der Waals surface area (Å²) in [6, 6.07) is 10.6. The van der Waals surface area contributed by atoms with Gasteiger partial charge in [-0.25, -0.2) is 0 Å². The summed E-state index contributed by atoms with van der Waals surface area (Å²) in [5, 5.41) is 0.935. The van der Waals surface area contributed by atoms with Gasteiger partial charge in [-0.05, 0) is 36.4 Å². The van der Waals surface area contributed by atoms with Gasteiger partial charge in [-0.3, -0.25) is 9.47 Å². The van der Waals surface area contributed by atoms with Crippen molar-refractivity contribution in [1.29, 1.82) is 0 Å². The lowest BCUT2D eigenvalue weighted by atomic mass is 10.1. The number of nitrogen functional groups attached to an aromatic ring is 1. The standard InChI is InChI=1S/C13H10N2O2/c14-15-6-5-9-8-10(3-4-11(9)15)13(16)12-2-1-7-17-12/h1-8H,14H2. The number of fused-ring (bicyclic) bond motifs is 1. The van der Waals surface area contributed by atoms with E-state index in [1.807, 2.05) is 18.2 Å². The Morgan fingerprint density at radius 2 is 2.12 bits per heavy atom. The highest BCUT2D eigenvalue weighted by Crippen LogP contribution is 2.18. The molecule has 0 atom stereocenters.